The van der Waals surface area contributed by atoms with Crippen molar-refractivity contribution >= 4 is 17.2 Å². The van der Waals surface area contributed by atoms with Crippen LogP contribution in [0.5, 0.6) is 5.06 Å². The van der Waals surface area contributed by atoms with Gasteiger partial charge in [0.05, 0.1) is 6.04 Å². The van der Waals surface area contributed by atoms with Crippen molar-refractivity contribution in [3.05, 3.63) is 47.1 Å². The smallest absolute Gasteiger partial charge is 0.422 e. The van der Waals surface area contributed by atoms with Gasteiger partial charge in [0.15, 0.2) is 11.7 Å². The number of ether oxygens (including phenoxy) is 1. The highest BCUT2D eigenvalue weighted by molar-refractivity contribution is 7.13. The molecular weight excluding hydrogens is 353 g/mol. The Morgan fingerprint density at radius 3 is 2.88 bits per heavy atom. The largest absolute Gasteiger partial charge is 0.475 e. The van der Waals surface area contributed by atoms with Gasteiger partial charge < -0.3 is 10.1 Å². The number of nitrogens with zero attached hydrogens (tertiary/aromatic N) is 1. The second-order valence-corrected chi connectivity index (χ2v) is 7.07. The molecule has 0 radical (unpaired) electrons. The third-order valence-electron chi connectivity index (χ3n) is 3.96. The first-order valence-corrected chi connectivity index (χ1v) is 8.66. The van der Waals surface area contributed by atoms with E-state index >= 15 is 0 Å². The Morgan fingerprint density at radius 2 is 2.20 bits per heavy atom. The molecule has 0 spiro atoms. The van der Waals surface area contributed by atoms with Gasteiger partial charge in [-0.05, 0) is 37.6 Å². The van der Waals surface area contributed by atoms with Crippen molar-refractivity contribution in [3.8, 4) is 5.06 Å². The van der Waals surface area contributed by atoms with Crippen LogP contribution < -0.4 is 10.1 Å². The van der Waals surface area contributed by atoms with E-state index in [2.05, 4.69) is 10.3 Å². The number of amides is 1. The average molecular weight is 370 g/mol. The van der Waals surface area contributed by atoms with Crippen LogP contribution in [-0.4, -0.2) is 23.7 Å². The van der Waals surface area contributed by atoms with Gasteiger partial charge >= 0.3 is 6.18 Å². The molecule has 1 saturated carbocycles. The van der Waals surface area contributed by atoms with E-state index in [-0.39, 0.29) is 28.8 Å². The van der Waals surface area contributed by atoms with Gasteiger partial charge in [-0.15, -0.1) is 11.3 Å². The second kappa shape index (κ2) is 7.03. The number of alkyl halides is 3. The van der Waals surface area contributed by atoms with Gasteiger partial charge in [-0.3, -0.25) is 9.78 Å². The molecule has 134 valence electrons. The van der Waals surface area contributed by atoms with Crippen LogP contribution in [0.4, 0.5) is 13.2 Å². The van der Waals surface area contributed by atoms with Crippen LogP contribution in [0.15, 0.2) is 36.5 Å². The van der Waals surface area contributed by atoms with Gasteiger partial charge in [0.2, 0.25) is 5.91 Å². The number of pyridine rings is 1. The van der Waals surface area contributed by atoms with Crippen LogP contribution in [0.25, 0.3) is 0 Å². The Morgan fingerprint density at radius 1 is 1.40 bits per heavy atom. The summed E-state index contributed by atoms with van der Waals surface area (Å²) < 4.78 is 41.2. The standard InChI is InChI=1S/C17H17F3N2O2S/c1-10(14-5-6-15(25-14)24-9-17(18,19)20)22-16(23)12-8-11(12)13-4-2-3-7-21-13/h2-7,10-12H,8-9H2,1H3,(H,22,23)/t10-,11-,12?/m1/s1. The number of thiophene rings is 1. The quantitative estimate of drug-likeness (QED) is 0.834. The fourth-order valence-electron chi connectivity index (χ4n) is 2.60. The monoisotopic (exact) mass is 370 g/mol. The highest BCUT2D eigenvalue weighted by atomic mass is 32.1. The van der Waals surface area contributed by atoms with Crippen molar-refractivity contribution in [1.29, 1.82) is 0 Å². The van der Waals surface area contributed by atoms with E-state index in [1.807, 2.05) is 18.2 Å². The fourth-order valence-corrected chi connectivity index (χ4v) is 3.45. The van der Waals surface area contributed by atoms with Gasteiger partial charge in [0.25, 0.3) is 0 Å². The lowest BCUT2D eigenvalue weighted by Gasteiger charge is -2.12. The maximum atomic E-state index is 12.3. The molecule has 1 unspecified atom stereocenters. The summed E-state index contributed by atoms with van der Waals surface area (Å²) in [7, 11) is 0. The summed E-state index contributed by atoms with van der Waals surface area (Å²) in [6.07, 6.45) is -1.89. The molecule has 1 aliphatic carbocycles. The van der Waals surface area contributed by atoms with Crippen LogP contribution >= 0.6 is 11.3 Å². The number of rotatable bonds is 6. The molecule has 1 fully saturated rings. The fraction of sp³-hybridized carbons (Fsp3) is 0.412. The van der Waals surface area contributed by atoms with Crippen molar-refractivity contribution < 1.29 is 22.7 Å². The molecule has 8 heteroatoms. The van der Waals surface area contributed by atoms with Crippen LogP contribution in [0.1, 0.15) is 35.9 Å². The van der Waals surface area contributed by atoms with E-state index in [9.17, 15) is 18.0 Å². The number of hydrogen-bond donors (Lipinski definition) is 1. The molecule has 0 aromatic carbocycles. The molecule has 4 nitrogen and oxygen atoms in total. The van der Waals surface area contributed by atoms with Gasteiger partial charge in [0.1, 0.15) is 0 Å². The number of carbonyl (C=O) groups is 1. The van der Waals surface area contributed by atoms with Gasteiger partial charge in [0, 0.05) is 28.6 Å². The summed E-state index contributed by atoms with van der Waals surface area (Å²) in [4.78, 5) is 17.3. The Balaban J connectivity index is 1.52. The van der Waals surface area contributed by atoms with Gasteiger partial charge in [-0.1, -0.05) is 6.07 Å². The third-order valence-corrected chi connectivity index (χ3v) is 5.14. The number of halogens is 3. The topological polar surface area (TPSA) is 51.2 Å². The highest BCUT2D eigenvalue weighted by Gasteiger charge is 2.45. The van der Waals surface area contributed by atoms with Crippen molar-refractivity contribution in [2.45, 2.75) is 31.5 Å². The first kappa shape index (κ1) is 17.7. The first-order chi connectivity index (χ1) is 11.8. The molecule has 2 aromatic heterocycles. The minimum Gasteiger partial charge on any atom is -0.475 e. The molecule has 1 N–H and O–H groups in total. The Hall–Kier alpha value is -2.09. The maximum absolute atomic E-state index is 12.3. The molecule has 3 rings (SSSR count). The lowest BCUT2D eigenvalue weighted by atomic mass is 10.2. The van der Waals surface area contributed by atoms with E-state index in [1.165, 1.54) is 6.07 Å². The second-order valence-electron chi connectivity index (χ2n) is 5.99. The zero-order chi connectivity index (χ0) is 18.0. The molecule has 3 atom stereocenters. The Kier molecular flexibility index (Phi) is 4.99. The lowest BCUT2D eigenvalue weighted by molar-refractivity contribution is -0.152. The average Bonchev–Trinajstić information content (AvgIpc) is 3.23. The molecule has 0 aliphatic heterocycles. The Bertz CT molecular complexity index is 733. The normalized spacial score (nSPS) is 20.8. The van der Waals surface area contributed by atoms with Crippen LogP contribution in [0.2, 0.25) is 0 Å². The van der Waals surface area contributed by atoms with E-state index in [0.29, 0.717) is 0 Å². The summed E-state index contributed by atoms with van der Waals surface area (Å²) in [5, 5.41) is 3.10. The minimum absolute atomic E-state index is 0.0608. The number of hydrogen-bond acceptors (Lipinski definition) is 4. The number of nitrogens with one attached hydrogen (secondary N) is 1. The molecule has 1 amide bonds. The van der Waals surface area contributed by atoms with Gasteiger partial charge in [-0.25, -0.2) is 0 Å². The molecule has 0 bridgehead atoms. The molecule has 1 aliphatic rings. The predicted octanol–water partition coefficient (Wildman–Crippen LogP) is 4.07. The van der Waals surface area contributed by atoms with Crippen LogP contribution in [0.3, 0.4) is 0 Å². The van der Waals surface area contributed by atoms with Crippen molar-refractivity contribution in [3.63, 3.8) is 0 Å². The van der Waals surface area contributed by atoms with E-state index < -0.39 is 12.8 Å². The zero-order valence-electron chi connectivity index (χ0n) is 13.4. The summed E-state index contributed by atoms with van der Waals surface area (Å²) in [6.45, 7) is 0.483. The predicted molar refractivity (Wildman–Crippen MR) is 87.5 cm³/mol. The highest BCUT2D eigenvalue weighted by Crippen LogP contribution is 2.47. The third kappa shape index (κ3) is 4.72. The molecule has 25 heavy (non-hydrogen) atoms. The SMILES string of the molecule is C[C@@H](NC(=O)C1C[C@H]1c1ccccn1)c1ccc(OCC(F)(F)F)s1. The number of carbonyl (C=O) groups excluding carboxylic acids is 1. The summed E-state index contributed by atoms with van der Waals surface area (Å²) in [6, 6.07) is 8.51. The zero-order valence-corrected chi connectivity index (χ0v) is 14.2. The van der Waals surface area contributed by atoms with Crippen molar-refractivity contribution in [1.82, 2.24) is 10.3 Å². The van der Waals surface area contributed by atoms with E-state index in [1.54, 1.807) is 19.2 Å². The molecule has 2 heterocycles. The van der Waals surface area contributed by atoms with E-state index in [0.717, 1.165) is 28.3 Å². The summed E-state index contributed by atoms with van der Waals surface area (Å²) in [5.74, 6) is -0.0185. The van der Waals surface area contributed by atoms with Crippen molar-refractivity contribution in [2.75, 3.05) is 6.61 Å². The molecule has 0 saturated heterocycles. The lowest BCUT2D eigenvalue weighted by Crippen LogP contribution is -2.28. The van der Waals surface area contributed by atoms with Crippen molar-refractivity contribution in [2.24, 2.45) is 5.92 Å². The maximum Gasteiger partial charge on any atom is 0.422 e. The minimum atomic E-state index is -4.36. The first-order valence-electron chi connectivity index (χ1n) is 7.84. The van der Waals surface area contributed by atoms with E-state index in [4.69, 9.17) is 4.74 Å². The van der Waals surface area contributed by atoms with Crippen LogP contribution in [0, 0.1) is 5.92 Å². The molecule has 2 aromatic rings. The molecular formula is C17H17F3N2O2S. The summed E-state index contributed by atoms with van der Waals surface area (Å²) in [5.41, 5.74) is 0.911. The van der Waals surface area contributed by atoms with Crippen LogP contribution in [-0.2, 0) is 4.79 Å². The Labute approximate surface area is 147 Å². The van der Waals surface area contributed by atoms with Gasteiger partial charge in [-0.2, -0.15) is 13.2 Å². The number of aromatic nitrogens is 1. The summed E-state index contributed by atoms with van der Waals surface area (Å²) >= 11 is 1.10.